The van der Waals surface area contributed by atoms with Gasteiger partial charge in [-0.25, -0.2) is 4.79 Å². The van der Waals surface area contributed by atoms with Gasteiger partial charge in [0.25, 0.3) is 0 Å². The van der Waals surface area contributed by atoms with Gasteiger partial charge in [-0.05, 0) is 73.0 Å². The Morgan fingerprint density at radius 3 is 2.28 bits per heavy atom. The van der Waals surface area contributed by atoms with E-state index in [-0.39, 0.29) is 17.3 Å². The van der Waals surface area contributed by atoms with Gasteiger partial charge in [0.15, 0.2) is 5.76 Å². The Bertz CT molecular complexity index is 1340. The van der Waals surface area contributed by atoms with E-state index in [1.54, 1.807) is 42.1 Å². The molecule has 0 saturated carbocycles. The molecular formula is C29H25NO5S. The van der Waals surface area contributed by atoms with E-state index in [9.17, 15) is 14.4 Å². The lowest BCUT2D eigenvalue weighted by molar-refractivity contribution is -0.140. The van der Waals surface area contributed by atoms with Gasteiger partial charge in [0.2, 0.25) is 11.6 Å². The highest BCUT2D eigenvalue weighted by Crippen LogP contribution is 2.32. The number of rotatable bonds is 9. The Labute approximate surface area is 214 Å². The molecule has 0 saturated heterocycles. The molecule has 0 radical (unpaired) electrons. The molecule has 0 amide bonds. The summed E-state index contributed by atoms with van der Waals surface area (Å²) < 4.78 is 5.69. The van der Waals surface area contributed by atoms with Gasteiger partial charge in [0.05, 0.1) is 5.56 Å². The number of unbranched alkanes of at least 4 members (excludes halogenated alkanes) is 1. The fraction of sp³-hybridized carbons (Fsp3) is 0.172. The number of ketones is 2. The molecule has 0 fully saturated rings. The molecule has 3 aromatic rings. The van der Waals surface area contributed by atoms with Crippen molar-refractivity contribution in [3.8, 4) is 5.75 Å². The predicted molar refractivity (Wildman–Crippen MR) is 139 cm³/mol. The van der Waals surface area contributed by atoms with Gasteiger partial charge in [-0.1, -0.05) is 54.5 Å². The van der Waals surface area contributed by atoms with Crippen LogP contribution in [0.4, 0.5) is 0 Å². The minimum absolute atomic E-state index is 0.116. The average Bonchev–Trinajstić information content (AvgIpc) is 3.20. The summed E-state index contributed by atoms with van der Waals surface area (Å²) in [4.78, 5) is 43.1. The van der Waals surface area contributed by atoms with Crippen molar-refractivity contribution >= 4 is 41.1 Å². The van der Waals surface area contributed by atoms with Crippen LogP contribution in [-0.4, -0.2) is 23.2 Å². The largest absolute Gasteiger partial charge is 0.452 e. The molecule has 1 aliphatic heterocycles. The zero-order valence-corrected chi connectivity index (χ0v) is 20.8. The summed E-state index contributed by atoms with van der Waals surface area (Å²) in [6.45, 7) is 3.27. The van der Waals surface area contributed by atoms with Gasteiger partial charge in [-0.15, -0.1) is 0 Å². The van der Waals surface area contributed by atoms with Crippen LogP contribution in [0.2, 0.25) is 0 Å². The highest BCUT2D eigenvalue weighted by Gasteiger charge is 2.26. The molecule has 0 N–H and O–H groups in total. The molecular weight excluding hydrogens is 474 g/mol. The first-order valence-corrected chi connectivity index (χ1v) is 12.5. The third-order valence-electron chi connectivity index (χ3n) is 5.42. The number of allylic oxidation sites excluding steroid dienone is 1. The number of Topliss-reactive ketones (excluding diaryl/α,β-unsaturated/α-hetero) is 2. The van der Waals surface area contributed by atoms with E-state index < -0.39 is 5.97 Å². The quantitative estimate of drug-likeness (QED) is 0.107. The minimum atomic E-state index is -0.557. The number of benzene rings is 3. The van der Waals surface area contributed by atoms with Crippen molar-refractivity contribution in [3.05, 3.63) is 95.2 Å². The Kier molecular flexibility index (Phi) is 8.13. The SMILES string of the molecule is CCCC/C(=N\OC(C)=O)C(=O)c1ccc(Sc2ccc(/C=C3\Oc4ccccc4C3=O)cc2)cc1. The van der Waals surface area contributed by atoms with Crippen LogP contribution < -0.4 is 4.74 Å². The fourth-order valence-corrected chi connectivity index (χ4v) is 4.38. The van der Waals surface area contributed by atoms with E-state index in [0.717, 1.165) is 28.2 Å². The summed E-state index contributed by atoms with van der Waals surface area (Å²) in [6.07, 6.45) is 3.86. The second-order valence-electron chi connectivity index (χ2n) is 8.18. The third-order valence-corrected chi connectivity index (χ3v) is 6.43. The smallest absolute Gasteiger partial charge is 0.331 e. The lowest BCUT2D eigenvalue weighted by Crippen LogP contribution is -2.15. The third kappa shape index (κ3) is 6.17. The van der Waals surface area contributed by atoms with Crippen molar-refractivity contribution in [2.24, 2.45) is 5.16 Å². The van der Waals surface area contributed by atoms with Crippen LogP contribution in [0.1, 0.15) is 59.4 Å². The molecule has 0 unspecified atom stereocenters. The van der Waals surface area contributed by atoms with Crippen molar-refractivity contribution in [2.75, 3.05) is 0 Å². The second-order valence-corrected chi connectivity index (χ2v) is 9.33. The molecule has 0 aliphatic carbocycles. The van der Waals surface area contributed by atoms with Crippen LogP contribution in [0.5, 0.6) is 5.75 Å². The molecule has 0 aromatic heterocycles. The molecule has 0 bridgehead atoms. The maximum absolute atomic E-state index is 12.8. The van der Waals surface area contributed by atoms with Gasteiger partial charge in [-0.2, -0.15) is 0 Å². The Balaban J connectivity index is 1.41. The van der Waals surface area contributed by atoms with Gasteiger partial charge >= 0.3 is 5.97 Å². The van der Waals surface area contributed by atoms with Crippen molar-refractivity contribution in [1.29, 1.82) is 0 Å². The van der Waals surface area contributed by atoms with Gasteiger partial charge in [0.1, 0.15) is 11.5 Å². The number of para-hydroxylation sites is 1. The van der Waals surface area contributed by atoms with E-state index in [2.05, 4.69) is 5.16 Å². The highest BCUT2D eigenvalue weighted by molar-refractivity contribution is 7.99. The molecule has 0 spiro atoms. The van der Waals surface area contributed by atoms with E-state index in [0.29, 0.717) is 29.1 Å². The minimum Gasteiger partial charge on any atom is -0.452 e. The molecule has 1 heterocycles. The second kappa shape index (κ2) is 11.6. The van der Waals surface area contributed by atoms with E-state index >= 15 is 0 Å². The Morgan fingerprint density at radius 2 is 1.64 bits per heavy atom. The summed E-state index contributed by atoms with van der Waals surface area (Å²) in [5.74, 6) is -0.0254. The average molecular weight is 500 g/mol. The summed E-state index contributed by atoms with van der Waals surface area (Å²) >= 11 is 1.56. The van der Waals surface area contributed by atoms with Gasteiger partial charge < -0.3 is 9.57 Å². The first-order valence-electron chi connectivity index (χ1n) is 11.6. The van der Waals surface area contributed by atoms with Crippen molar-refractivity contribution in [3.63, 3.8) is 0 Å². The standard InChI is InChI=1S/C29H25NO5S/c1-3-4-8-25(30-35-19(2)31)28(32)21-12-16-23(17-13-21)36-22-14-10-20(11-15-22)18-27-29(33)24-7-5-6-9-26(24)34-27/h5-7,9-18H,3-4,8H2,1-2H3/b27-18-,30-25+. The van der Waals surface area contributed by atoms with Crippen LogP contribution in [-0.2, 0) is 9.63 Å². The van der Waals surface area contributed by atoms with Crippen molar-refractivity contribution in [1.82, 2.24) is 0 Å². The molecule has 7 heteroatoms. The van der Waals surface area contributed by atoms with Crippen LogP contribution in [0, 0.1) is 0 Å². The molecule has 4 rings (SSSR count). The van der Waals surface area contributed by atoms with Gasteiger partial charge in [-0.3, -0.25) is 9.59 Å². The zero-order chi connectivity index (χ0) is 25.5. The topological polar surface area (TPSA) is 82.0 Å². The number of carbonyl (C=O) groups excluding carboxylic acids is 3. The summed E-state index contributed by atoms with van der Waals surface area (Å²) in [6, 6.07) is 22.2. The van der Waals surface area contributed by atoms with E-state index in [1.165, 1.54) is 6.92 Å². The van der Waals surface area contributed by atoms with Crippen LogP contribution >= 0.6 is 11.8 Å². The number of carbonyl (C=O) groups is 3. The van der Waals surface area contributed by atoms with Crippen molar-refractivity contribution < 1.29 is 24.0 Å². The molecule has 3 aromatic carbocycles. The van der Waals surface area contributed by atoms with Crippen LogP contribution in [0.15, 0.2) is 93.5 Å². The molecule has 1 aliphatic rings. The maximum Gasteiger partial charge on any atom is 0.331 e. The normalized spacial score (nSPS) is 13.9. The maximum atomic E-state index is 12.8. The van der Waals surface area contributed by atoms with E-state index in [4.69, 9.17) is 9.57 Å². The number of fused-ring (bicyclic) bond motifs is 1. The predicted octanol–water partition coefficient (Wildman–Crippen LogP) is 6.75. The summed E-state index contributed by atoms with van der Waals surface area (Å²) in [5, 5.41) is 3.77. The first kappa shape index (κ1) is 25.1. The number of nitrogens with zero attached hydrogens (tertiary/aromatic N) is 1. The highest BCUT2D eigenvalue weighted by atomic mass is 32.2. The molecule has 36 heavy (non-hydrogen) atoms. The monoisotopic (exact) mass is 499 g/mol. The summed E-state index contributed by atoms with van der Waals surface area (Å²) in [5.41, 5.74) is 2.17. The van der Waals surface area contributed by atoms with Gasteiger partial charge in [0, 0.05) is 22.3 Å². The lowest BCUT2D eigenvalue weighted by Gasteiger charge is -2.07. The summed E-state index contributed by atoms with van der Waals surface area (Å²) in [7, 11) is 0. The Morgan fingerprint density at radius 1 is 0.972 bits per heavy atom. The first-order chi connectivity index (χ1) is 17.4. The van der Waals surface area contributed by atoms with Crippen LogP contribution in [0.25, 0.3) is 6.08 Å². The molecule has 6 nitrogen and oxygen atoms in total. The van der Waals surface area contributed by atoms with Crippen molar-refractivity contribution in [2.45, 2.75) is 42.9 Å². The molecule has 182 valence electrons. The number of hydrogen-bond donors (Lipinski definition) is 0. The number of oxime groups is 1. The number of ether oxygens (including phenoxy) is 1. The van der Waals surface area contributed by atoms with E-state index in [1.807, 2.05) is 55.5 Å². The van der Waals surface area contributed by atoms with Crippen LogP contribution in [0.3, 0.4) is 0 Å². The molecule has 0 atom stereocenters. The Hall–Kier alpha value is -3.97. The zero-order valence-electron chi connectivity index (χ0n) is 20.0. The fourth-order valence-electron chi connectivity index (χ4n) is 3.56. The lowest BCUT2D eigenvalue weighted by atomic mass is 10.0. The number of hydrogen-bond acceptors (Lipinski definition) is 7.